The van der Waals surface area contributed by atoms with Crippen LogP contribution in [-0.4, -0.2) is 17.0 Å². The summed E-state index contributed by atoms with van der Waals surface area (Å²) in [5, 5.41) is 25.9. The number of nitro benzene ring substituents is 2. The van der Waals surface area contributed by atoms with Crippen LogP contribution >= 0.6 is 0 Å². The van der Waals surface area contributed by atoms with Crippen molar-refractivity contribution in [2.24, 2.45) is 5.92 Å². The van der Waals surface area contributed by atoms with Crippen molar-refractivity contribution in [3.8, 4) is 5.75 Å². The highest BCUT2D eigenvalue weighted by molar-refractivity contribution is 5.73. The number of nitro groups is 2. The number of benzene rings is 2. The first-order valence-corrected chi connectivity index (χ1v) is 8.54. The minimum atomic E-state index is -0.431. The first-order valence-electron chi connectivity index (χ1n) is 8.54. The van der Waals surface area contributed by atoms with Gasteiger partial charge in [0, 0.05) is 24.1 Å². The molecular weight excluding hydrogens is 350 g/mol. The molecule has 8 heteroatoms. The summed E-state index contributed by atoms with van der Waals surface area (Å²) in [6.45, 7) is 0. The Morgan fingerprint density at radius 1 is 1.07 bits per heavy atom. The quantitative estimate of drug-likeness (QED) is 0.489. The molecule has 0 bridgehead atoms. The highest BCUT2D eigenvalue weighted by atomic mass is 16.6. The summed E-state index contributed by atoms with van der Waals surface area (Å²) < 4.78 is 5.43. The molecule has 0 spiro atoms. The third-order valence-electron chi connectivity index (χ3n) is 5.34. The number of fused-ring (bicyclic) bond motifs is 3. The van der Waals surface area contributed by atoms with Crippen molar-refractivity contribution in [2.45, 2.75) is 18.4 Å². The molecule has 27 heavy (non-hydrogen) atoms. The van der Waals surface area contributed by atoms with Gasteiger partial charge >= 0.3 is 0 Å². The molecule has 0 unspecified atom stereocenters. The van der Waals surface area contributed by atoms with Crippen molar-refractivity contribution in [1.82, 2.24) is 0 Å². The molecule has 2 aromatic rings. The van der Waals surface area contributed by atoms with Gasteiger partial charge in [-0.2, -0.15) is 0 Å². The normalized spacial score (nSPS) is 22.5. The molecule has 1 N–H and O–H groups in total. The lowest BCUT2D eigenvalue weighted by Crippen LogP contribution is -2.30. The number of hydrogen-bond acceptors (Lipinski definition) is 6. The second-order valence-electron chi connectivity index (χ2n) is 6.66. The summed E-state index contributed by atoms with van der Waals surface area (Å²) in [6.07, 6.45) is 4.82. The number of ether oxygens (including phenoxy) is 1. The lowest BCUT2D eigenvalue weighted by atomic mass is 9.76. The highest BCUT2D eigenvalue weighted by Gasteiger charge is 2.42. The summed E-state index contributed by atoms with van der Waals surface area (Å²) in [6, 6.07) is 9.38. The number of non-ortho nitro benzene ring substituents is 1. The van der Waals surface area contributed by atoms with Crippen LogP contribution in [0, 0.1) is 26.1 Å². The zero-order valence-corrected chi connectivity index (χ0v) is 14.5. The Morgan fingerprint density at radius 3 is 2.44 bits per heavy atom. The Hall–Kier alpha value is -3.42. The van der Waals surface area contributed by atoms with Gasteiger partial charge in [-0.1, -0.05) is 24.3 Å². The molecule has 4 rings (SSSR count). The third-order valence-corrected chi connectivity index (χ3v) is 5.34. The molecule has 0 radical (unpaired) electrons. The first kappa shape index (κ1) is 17.0. The molecule has 0 amide bonds. The molecule has 2 aliphatic rings. The molecule has 0 fully saturated rings. The van der Waals surface area contributed by atoms with Gasteiger partial charge in [0.15, 0.2) is 0 Å². The average molecular weight is 367 g/mol. The molecule has 0 saturated heterocycles. The minimum Gasteiger partial charge on any atom is -0.495 e. The Morgan fingerprint density at radius 2 is 1.81 bits per heavy atom. The fraction of sp³-hybridized carbons (Fsp3) is 0.263. The van der Waals surface area contributed by atoms with E-state index in [1.54, 1.807) is 18.2 Å². The second kappa shape index (κ2) is 6.39. The first-order chi connectivity index (χ1) is 13.0. The van der Waals surface area contributed by atoms with Crippen LogP contribution in [0.2, 0.25) is 0 Å². The summed E-state index contributed by atoms with van der Waals surface area (Å²) in [5.74, 6) is 0.517. The average Bonchev–Trinajstić information content (AvgIpc) is 3.16. The maximum Gasteiger partial charge on any atom is 0.275 e. The van der Waals surface area contributed by atoms with Gasteiger partial charge in [0.05, 0.1) is 34.2 Å². The fourth-order valence-electron chi connectivity index (χ4n) is 4.13. The summed E-state index contributed by atoms with van der Waals surface area (Å²) in [5.41, 5.74) is 2.25. The maximum atomic E-state index is 11.6. The van der Waals surface area contributed by atoms with E-state index in [2.05, 4.69) is 5.32 Å². The molecule has 1 aliphatic heterocycles. The van der Waals surface area contributed by atoms with Crippen molar-refractivity contribution >= 4 is 17.1 Å². The van der Waals surface area contributed by atoms with E-state index in [0.29, 0.717) is 17.0 Å². The minimum absolute atomic E-state index is 0.0317. The molecular formula is C19H17N3O5. The number of allylic oxidation sites excluding steroid dienone is 2. The summed E-state index contributed by atoms with van der Waals surface area (Å²) in [4.78, 5) is 21.7. The molecule has 0 aromatic heterocycles. The Bertz CT molecular complexity index is 955. The zero-order chi connectivity index (χ0) is 19.1. The van der Waals surface area contributed by atoms with E-state index in [1.165, 1.54) is 25.3 Å². The second-order valence-corrected chi connectivity index (χ2v) is 6.66. The predicted octanol–water partition coefficient (Wildman–Crippen LogP) is 4.34. The Balaban J connectivity index is 1.83. The van der Waals surface area contributed by atoms with E-state index in [1.807, 2.05) is 12.2 Å². The van der Waals surface area contributed by atoms with Gasteiger partial charge in [-0.25, -0.2) is 0 Å². The predicted molar refractivity (Wildman–Crippen MR) is 99.1 cm³/mol. The van der Waals surface area contributed by atoms with Crippen molar-refractivity contribution in [1.29, 1.82) is 0 Å². The number of methoxy groups -OCH3 is 1. The molecule has 0 saturated carbocycles. The van der Waals surface area contributed by atoms with Crippen LogP contribution in [0.3, 0.4) is 0 Å². The van der Waals surface area contributed by atoms with Crippen LogP contribution in [-0.2, 0) is 0 Å². The van der Waals surface area contributed by atoms with Crippen molar-refractivity contribution < 1.29 is 14.6 Å². The molecule has 2 aromatic carbocycles. The summed E-state index contributed by atoms with van der Waals surface area (Å²) >= 11 is 0. The maximum absolute atomic E-state index is 11.6. The number of nitrogens with one attached hydrogen (secondary N) is 1. The van der Waals surface area contributed by atoms with Crippen LogP contribution in [0.4, 0.5) is 17.1 Å². The lowest BCUT2D eigenvalue weighted by Gasteiger charge is -2.37. The van der Waals surface area contributed by atoms with Crippen LogP contribution in [0.1, 0.15) is 29.5 Å². The monoisotopic (exact) mass is 367 g/mol. The highest BCUT2D eigenvalue weighted by Crippen LogP contribution is 2.54. The van der Waals surface area contributed by atoms with E-state index < -0.39 is 4.92 Å². The lowest BCUT2D eigenvalue weighted by molar-refractivity contribution is -0.385. The number of rotatable bonds is 4. The van der Waals surface area contributed by atoms with Crippen LogP contribution < -0.4 is 10.1 Å². The van der Waals surface area contributed by atoms with E-state index in [0.717, 1.165) is 12.0 Å². The molecule has 138 valence electrons. The Kier molecular flexibility index (Phi) is 4.02. The van der Waals surface area contributed by atoms with Gasteiger partial charge in [-0.3, -0.25) is 20.2 Å². The molecule has 1 heterocycles. The van der Waals surface area contributed by atoms with E-state index in [4.69, 9.17) is 4.74 Å². The zero-order valence-electron chi connectivity index (χ0n) is 14.5. The third kappa shape index (κ3) is 2.69. The molecule has 3 atom stereocenters. The van der Waals surface area contributed by atoms with Crippen LogP contribution in [0.5, 0.6) is 5.75 Å². The van der Waals surface area contributed by atoms with E-state index >= 15 is 0 Å². The van der Waals surface area contributed by atoms with Gasteiger partial charge in [-0.15, -0.1) is 0 Å². The molecule has 8 nitrogen and oxygen atoms in total. The van der Waals surface area contributed by atoms with Crippen molar-refractivity contribution in [3.05, 3.63) is 79.9 Å². The van der Waals surface area contributed by atoms with Crippen molar-refractivity contribution in [2.75, 3.05) is 12.4 Å². The van der Waals surface area contributed by atoms with Gasteiger partial charge in [0.2, 0.25) is 0 Å². The number of nitrogens with zero attached hydrogens (tertiary/aromatic N) is 2. The SMILES string of the molecule is COc1ccc([N+](=O)[O-])c2c1N[C@H](c1ccc([N+](=O)[O-])cc1)[C@@H]1CC=C[C@H]21. The van der Waals surface area contributed by atoms with Crippen LogP contribution in [0.15, 0.2) is 48.6 Å². The smallest absolute Gasteiger partial charge is 0.275 e. The molecule has 1 aliphatic carbocycles. The van der Waals surface area contributed by atoms with Gasteiger partial charge in [0.1, 0.15) is 5.75 Å². The standard InChI is InChI=1S/C19H17N3O5/c1-27-16-10-9-15(22(25)26)17-13-3-2-4-14(13)18(20-19(16)17)11-5-7-12(8-6-11)21(23)24/h2-3,5-10,13-14,18,20H,4H2,1H3/t13-,14+,18+/m0/s1. The fourth-order valence-corrected chi connectivity index (χ4v) is 4.13. The summed E-state index contributed by atoms with van der Waals surface area (Å²) in [7, 11) is 1.53. The van der Waals surface area contributed by atoms with E-state index in [9.17, 15) is 20.2 Å². The van der Waals surface area contributed by atoms with Gasteiger partial charge in [-0.05, 0) is 24.0 Å². The van der Waals surface area contributed by atoms with Gasteiger partial charge < -0.3 is 10.1 Å². The van der Waals surface area contributed by atoms with Crippen LogP contribution in [0.25, 0.3) is 0 Å². The van der Waals surface area contributed by atoms with E-state index in [-0.39, 0.29) is 34.2 Å². The number of hydrogen-bond donors (Lipinski definition) is 1. The van der Waals surface area contributed by atoms with Crippen molar-refractivity contribution in [3.63, 3.8) is 0 Å². The van der Waals surface area contributed by atoms with Gasteiger partial charge in [0.25, 0.3) is 11.4 Å². The largest absolute Gasteiger partial charge is 0.495 e. The number of anilines is 1. The topological polar surface area (TPSA) is 108 Å². The Labute approximate surface area is 154 Å².